The number of nitrogens with one attached hydrogen (secondary N) is 1. The maximum absolute atomic E-state index is 10.6. The standard InChI is InChI=1S/C13H13NO2/c15-13(16)11-5-7-12(8-6-11)14-9-10-3-1-2-4-10/h1,3-8,14H,2,9H2,(H,15,16). The second kappa shape index (κ2) is 4.66. The van der Waals surface area contributed by atoms with Crippen LogP contribution in [-0.2, 0) is 0 Å². The molecule has 0 aliphatic heterocycles. The summed E-state index contributed by atoms with van der Waals surface area (Å²) in [4.78, 5) is 10.6. The van der Waals surface area contributed by atoms with Crippen LogP contribution in [0.3, 0.4) is 0 Å². The maximum atomic E-state index is 10.6. The van der Waals surface area contributed by atoms with Crippen molar-refractivity contribution in [1.29, 1.82) is 0 Å². The van der Waals surface area contributed by atoms with Gasteiger partial charge < -0.3 is 10.4 Å². The van der Waals surface area contributed by atoms with Crippen LogP contribution in [0.5, 0.6) is 0 Å². The summed E-state index contributed by atoms with van der Waals surface area (Å²) in [6.45, 7) is 0.781. The molecule has 1 aliphatic carbocycles. The van der Waals surface area contributed by atoms with Gasteiger partial charge in [-0.25, -0.2) is 4.79 Å². The van der Waals surface area contributed by atoms with Gasteiger partial charge >= 0.3 is 5.97 Å². The van der Waals surface area contributed by atoms with E-state index in [1.165, 1.54) is 5.57 Å². The van der Waals surface area contributed by atoms with Crippen LogP contribution in [0.25, 0.3) is 0 Å². The van der Waals surface area contributed by atoms with Crippen LogP contribution in [0.4, 0.5) is 5.69 Å². The highest BCUT2D eigenvalue weighted by atomic mass is 16.4. The van der Waals surface area contributed by atoms with E-state index >= 15 is 0 Å². The van der Waals surface area contributed by atoms with Gasteiger partial charge in [-0.2, -0.15) is 0 Å². The van der Waals surface area contributed by atoms with Crippen LogP contribution in [0.15, 0.2) is 48.1 Å². The average molecular weight is 215 g/mol. The predicted octanol–water partition coefficient (Wildman–Crippen LogP) is 2.68. The van der Waals surface area contributed by atoms with E-state index in [0.29, 0.717) is 5.56 Å². The Morgan fingerprint density at radius 2 is 2.06 bits per heavy atom. The van der Waals surface area contributed by atoms with Crippen molar-refractivity contribution in [2.45, 2.75) is 6.42 Å². The van der Waals surface area contributed by atoms with Crippen LogP contribution < -0.4 is 5.32 Å². The van der Waals surface area contributed by atoms with Gasteiger partial charge in [-0.3, -0.25) is 0 Å². The molecular weight excluding hydrogens is 202 g/mol. The zero-order valence-corrected chi connectivity index (χ0v) is 8.81. The number of carboxylic acid groups (broad SMARTS) is 1. The molecule has 3 nitrogen and oxygen atoms in total. The Kier molecular flexibility index (Phi) is 3.05. The van der Waals surface area contributed by atoms with E-state index < -0.39 is 5.97 Å². The van der Waals surface area contributed by atoms with Gasteiger partial charge in [0.15, 0.2) is 0 Å². The van der Waals surface area contributed by atoms with Crippen LogP contribution >= 0.6 is 0 Å². The van der Waals surface area contributed by atoms with Gasteiger partial charge in [-0.15, -0.1) is 0 Å². The fraction of sp³-hybridized carbons (Fsp3) is 0.154. The molecule has 2 N–H and O–H groups in total. The average Bonchev–Trinajstić information content (AvgIpc) is 2.80. The molecule has 82 valence electrons. The number of allylic oxidation sites excluding steroid dienone is 2. The van der Waals surface area contributed by atoms with Crippen molar-refractivity contribution in [2.24, 2.45) is 0 Å². The van der Waals surface area contributed by atoms with Gasteiger partial charge in [0.05, 0.1) is 5.56 Å². The van der Waals surface area contributed by atoms with E-state index in [2.05, 4.69) is 23.5 Å². The third-order valence-corrected chi connectivity index (χ3v) is 2.48. The van der Waals surface area contributed by atoms with Crippen molar-refractivity contribution in [3.63, 3.8) is 0 Å². The molecular formula is C13H13NO2. The van der Waals surface area contributed by atoms with Crippen molar-refractivity contribution in [3.05, 3.63) is 53.6 Å². The second-order valence-electron chi connectivity index (χ2n) is 3.65. The summed E-state index contributed by atoms with van der Waals surface area (Å²) in [5.74, 6) is -0.895. The molecule has 0 radical (unpaired) electrons. The lowest BCUT2D eigenvalue weighted by atomic mass is 10.2. The zero-order chi connectivity index (χ0) is 11.4. The van der Waals surface area contributed by atoms with E-state index in [1.54, 1.807) is 24.3 Å². The van der Waals surface area contributed by atoms with Gasteiger partial charge in [0.1, 0.15) is 0 Å². The van der Waals surface area contributed by atoms with Crippen molar-refractivity contribution < 1.29 is 9.90 Å². The van der Waals surface area contributed by atoms with E-state index in [1.807, 2.05) is 0 Å². The summed E-state index contributed by atoms with van der Waals surface area (Å²) >= 11 is 0. The van der Waals surface area contributed by atoms with Crippen LogP contribution in [0.1, 0.15) is 16.8 Å². The van der Waals surface area contributed by atoms with E-state index in [-0.39, 0.29) is 0 Å². The lowest BCUT2D eigenvalue weighted by molar-refractivity contribution is 0.0697. The molecule has 0 bridgehead atoms. The Bertz CT molecular complexity index is 444. The molecule has 0 fully saturated rings. The number of carboxylic acids is 1. The van der Waals surface area contributed by atoms with Crippen molar-refractivity contribution >= 4 is 11.7 Å². The Balaban J connectivity index is 1.94. The molecule has 3 heteroatoms. The summed E-state index contributed by atoms with van der Waals surface area (Å²) in [5.41, 5.74) is 2.51. The summed E-state index contributed by atoms with van der Waals surface area (Å²) in [7, 11) is 0. The van der Waals surface area contributed by atoms with Gasteiger partial charge in [0.25, 0.3) is 0 Å². The first kappa shape index (κ1) is 10.5. The van der Waals surface area contributed by atoms with Gasteiger partial charge in [-0.05, 0) is 36.3 Å². The molecule has 0 spiro atoms. The fourth-order valence-corrected chi connectivity index (χ4v) is 1.57. The maximum Gasteiger partial charge on any atom is 0.335 e. The van der Waals surface area contributed by atoms with Crippen molar-refractivity contribution in [1.82, 2.24) is 0 Å². The van der Waals surface area contributed by atoms with Gasteiger partial charge in [0.2, 0.25) is 0 Å². The quantitative estimate of drug-likeness (QED) is 0.811. The minimum absolute atomic E-state index is 0.311. The SMILES string of the molecule is O=C(O)c1ccc(NCC2=CCC=C2)cc1. The van der Waals surface area contributed by atoms with E-state index in [9.17, 15) is 4.79 Å². The first-order valence-electron chi connectivity index (χ1n) is 5.18. The summed E-state index contributed by atoms with van der Waals surface area (Å²) < 4.78 is 0. The number of anilines is 1. The molecule has 0 heterocycles. The van der Waals surface area contributed by atoms with Gasteiger partial charge in [0, 0.05) is 12.2 Å². The molecule has 1 aliphatic rings. The lowest BCUT2D eigenvalue weighted by Crippen LogP contribution is -2.03. The van der Waals surface area contributed by atoms with Crippen molar-refractivity contribution in [2.75, 3.05) is 11.9 Å². The Hall–Kier alpha value is -2.03. The monoisotopic (exact) mass is 215 g/mol. The molecule has 0 atom stereocenters. The first-order valence-corrected chi connectivity index (χ1v) is 5.18. The van der Waals surface area contributed by atoms with Crippen LogP contribution in [0, 0.1) is 0 Å². The normalized spacial score (nSPS) is 13.6. The zero-order valence-electron chi connectivity index (χ0n) is 8.81. The smallest absolute Gasteiger partial charge is 0.335 e. The highest BCUT2D eigenvalue weighted by Gasteiger charge is 2.02. The molecule has 0 amide bonds. The lowest BCUT2D eigenvalue weighted by Gasteiger charge is -2.06. The van der Waals surface area contributed by atoms with E-state index in [4.69, 9.17) is 5.11 Å². The third kappa shape index (κ3) is 2.51. The number of hydrogen-bond acceptors (Lipinski definition) is 2. The molecule has 0 saturated heterocycles. The van der Waals surface area contributed by atoms with Gasteiger partial charge in [-0.1, -0.05) is 18.2 Å². The third-order valence-electron chi connectivity index (χ3n) is 2.48. The number of hydrogen-bond donors (Lipinski definition) is 2. The highest BCUT2D eigenvalue weighted by molar-refractivity contribution is 5.87. The van der Waals surface area contributed by atoms with Crippen LogP contribution in [-0.4, -0.2) is 17.6 Å². The molecule has 1 aromatic carbocycles. The Morgan fingerprint density at radius 3 is 2.62 bits per heavy atom. The molecule has 2 rings (SSSR count). The van der Waals surface area contributed by atoms with E-state index in [0.717, 1.165) is 18.7 Å². The summed E-state index contributed by atoms with van der Waals surface area (Å²) in [6, 6.07) is 6.76. The number of aromatic carboxylic acids is 1. The number of carbonyl (C=O) groups is 1. The number of rotatable bonds is 4. The minimum atomic E-state index is -0.895. The van der Waals surface area contributed by atoms with Crippen LogP contribution in [0.2, 0.25) is 0 Å². The highest BCUT2D eigenvalue weighted by Crippen LogP contribution is 2.13. The molecule has 0 unspecified atom stereocenters. The molecule has 0 aromatic heterocycles. The topological polar surface area (TPSA) is 49.3 Å². The predicted molar refractivity (Wildman–Crippen MR) is 63.7 cm³/mol. The molecule has 0 saturated carbocycles. The summed E-state index contributed by atoms with van der Waals surface area (Å²) in [5, 5.41) is 12.0. The minimum Gasteiger partial charge on any atom is -0.478 e. The first-order chi connectivity index (χ1) is 7.75. The van der Waals surface area contributed by atoms with Crippen molar-refractivity contribution in [3.8, 4) is 0 Å². The summed E-state index contributed by atoms with van der Waals surface area (Å²) in [6.07, 6.45) is 7.39. The largest absolute Gasteiger partial charge is 0.478 e. The Labute approximate surface area is 94.1 Å². The number of benzene rings is 1. The second-order valence-corrected chi connectivity index (χ2v) is 3.65. The fourth-order valence-electron chi connectivity index (χ4n) is 1.57. The molecule has 1 aromatic rings. The Morgan fingerprint density at radius 1 is 1.31 bits per heavy atom. The molecule has 16 heavy (non-hydrogen) atoms.